The molecule has 220 valence electrons. The monoisotopic (exact) mass is 601 g/mol. The zero-order valence-electron chi connectivity index (χ0n) is 25.3. The highest BCUT2D eigenvalue weighted by atomic mass is 15.1. The lowest BCUT2D eigenvalue weighted by Gasteiger charge is -2.13. The minimum absolute atomic E-state index is 0.625. The van der Waals surface area contributed by atoms with Crippen molar-refractivity contribution in [1.82, 2.24) is 24.5 Å². The third-order valence-corrected chi connectivity index (χ3v) is 8.65. The Balaban J connectivity index is 1.26. The summed E-state index contributed by atoms with van der Waals surface area (Å²) in [5, 5.41) is 4.71. The minimum Gasteiger partial charge on any atom is -0.292 e. The topological polar surface area (TPSA) is 56.5 Å². The number of fused-ring (bicyclic) bond motifs is 6. The highest BCUT2D eigenvalue weighted by Gasteiger charge is 2.20. The maximum absolute atomic E-state index is 5.34. The quantitative estimate of drug-likeness (QED) is 0.184. The van der Waals surface area contributed by atoms with Gasteiger partial charge in [0.2, 0.25) is 0 Å². The van der Waals surface area contributed by atoms with Crippen LogP contribution in [0.4, 0.5) is 0 Å². The molecule has 0 N–H and O–H groups in total. The molecule has 0 bridgehead atoms. The van der Waals surface area contributed by atoms with E-state index in [1.807, 2.05) is 66.7 Å². The van der Waals surface area contributed by atoms with E-state index in [1.165, 1.54) is 10.8 Å². The molecule has 9 aromatic rings. The maximum atomic E-state index is 5.34. The molecule has 0 atom stereocenters. The number of imidazole rings is 1. The van der Waals surface area contributed by atoms with E-state index in [0.29, 0.717) is 17.5 Å². The minimum atomic E-state index is 0.625. The second-order valence-electron chi connectivity index (χ2n) is 11.5. The smallest absolute Gasteiger partial charge is 0.164 e. The van der Waals surface area contributed by atoms with E-state index in [2.05, 4.69) is 102 Å². The Kier molecular flexibility index (Phi) is 6.39. The average Bonchev–Trinajstić information content (AvgIpc) is 3.57. The predicted octanol–water partition coefficient (Wildman–Crippen LogP) is 10.2. The van der Waals surface area contributed by atoms with Crippen molar-refractivity contribution in [2.75, 3.05) is 0 Å². The molecule has 0 aliphatic rings. The second-order valence-corrected chi connectivity index (χ2v) is 11.5. The van der Waals surface area contributed by atoms with Crippen molar-refractivity contribution in [3.63, 3.8) is 0 Å². The highest BCUT2D eigenvalue weighted by Crippen LogP contribution is 2.39. The zero-order chi connectivity index (χ0) is 31.2. The number of rotatable bonds is 5. The first-order valence-corrected chi connectivity index (χ1v) is 15.7. The van der Waals surface area contributed by atoms with E-state index in [4.69, 9.17) is 19.9 Å². The van der Waals surface area contributed by atoms with Gasteiger partial charge in [-0.05, 0) is 35.0 Å². The van der Waals surface area contributed by atoms with Crippen molar-refractivity contribution in [2.24, 2.45) is 0 Å². The molecule has 0 radical (unpaired) electrons. The molecule has 0 aliphatic carbocycles. The fraction of sp³-hybridized carbons (Fsp3) is 0. The molecule has 5 nitrogen and oxygen atoms in total. The van der Waals surface area contributed by atoms with Crippen molar-refractivity contribution >= 4 is 32.6 Å². The fourth-order valence-corrected chi connectivity index (χ4v) is 6.43. The van der Waals surface area contributed by atoms with Gasteiger partial charge in [0.25, 0.3) is 0 Å². The largest absolute Gasteiger partial charge is 0.292 e. The Morgan fingerprint density at radius 1 is 0.319 bits per heavy atom. The van der Waals surface area contributed by atoms with E-state index in [9.17, 15) is 0 Å². The number of aromatic nitrogens is 5. The summed E-state index contributed by atoms with van der Waals surface area (Å²) in [6, 6.07) is 56.2. The van der Waals surface area contributed by atoms with Gasteiger partial charge in [0.05, 0.1) is 11.0 Å². The van der Waals surface area contributed by atoms with Crippen molar-refractivity contribution in [3.05, 3.63) is 164 Å². The average molecular weight is 602 g/mol. The van der Waals surface area contributed by atoms with E-state index in [1.54, 1.807) is 0 Å². The van der Waals surface area contributed by atoms with Crippen LogP contribution in [0, 0.1) is 0 Å². The highest BCUT2D eigenvalue weighted by molar-refractivity contribution is 6.24. The number of hydrogen-bond donors (Lipinski definition) is 0. The van der Waals surface area contributed by atoms with Crippen LogP contribution in [-0.2, 0) is 0 Å². The first kappa shape index (κ1) is 26.9. The van der Waals surface area contributed by atoms with Crippen LogP contribution in [0.25, 0.3) is 83.8 Å². The lowest BCUT2D eigenvalue weighted by atomic mass is 10.00. The Labute approximate surface area is 271 Å². The van der Waals surface area contributed by atoms with E-state index in [-0.39, 0.29) is 0 Å². The van der Waals surface area contributed by atoms with E-state index < -0.39 is 0 Å². The fourth-order valence-electron chi connectivity index (χ4n) is 6.43. The molecule has 9 rings (SSSR count). The second kappa shape index (κ2) is 11.2. The first-order valence-electron chi connectivity index (χ1n) is 15.7. The van der Waals surface area contributed by atoms with Gasteiger partial charge in [0.1, 0.15) is 5.82 Å². The Hall–Kier alpha value is -6.46. The van der Waals surface area contributed by atoms with Crippen LogP contribution in [0.15, 0.2) is 164 Å². The molecule has 0 fully saturated rings. The summed E-state index contributed by atoms with van der Waals surface area (Å²) in [6.07, 6.45) is 0. The molecule has 0 unspecified atom stereocenters. The summed E-state index contributed by atoms with van der Waals surface area (Å²) in [7, 11) is 0. The van der Waals surface area contributed by atoms with Gasteiger partial charge in [-0.2, -0.15) is 0 Å². The lowest BCUT2D eigenvalue weighted by molar-refractivity contribution is 1.07. The van der Waals surface area contributed by atoms with E-state index in [0.717, 1.165) is 55.6 Å². The molecule has 5 heteroatoms. The van der Waals surface area contributed by atoms with Gasteiger partial charge >= 0.3 is 0 Å². The summed E-state index contributed by atoms with van der Waals surface area (Å²) < 4.78 is 2.29. The number of benzene rings is 7. The summed E-state index contributed by atoms with van der Waals surface area (Å²) in [6.45, 7) is 0. The third kappa shape index (κ3) is 4.64. The van der Waals surface area contributed by atoms with Gasteiger partial charge in [0.15, 0.2) is 17.5 Å². The van der Waals surface area contributed by atoms with Gasteiger partial charge in [-0.25, -0.2) is 19.9 Å². The summed E-state index contributed by atoms with van der Waals surface area (Å²) >= 11 is 0. The van der Waals surface area contributed by atoms with Gasteiger partial charge in [-0.3, -0.25) is 4.57 Å². The number of hydrogen-bond acceptors (Lipinski definition) is 4. The van der Waals surface area contributed by atoms with Crippen molar-refractivity contribution in [2.45, 2.75) is 0 Å². The summed E-state index contributed by atoms with van der Waals surface area (Å²) in [5.74, 6) is 2.81. The molecular formula is C42H27N5. The van der Waals surface area contributed by atoms with Crippen molar-refractivity contribution in [1.29, 1.82) is 0 Å². The Morgan fingerprint density at radius 2 is 0.723 bits per heavy atom. The number of nitrogens with zero attached hydrogens (tertiary/aromatic N) is 5. The van der Waals surface area contributed by atoms with Gasteiger partial charge in [0, 0.05) is 38.7 Å². The van der Waals surface area contributed by atoms with Crippen LogP contribution in [0.1, 0.15) is 0 Å². The molecule has 0 amide bonds. The lowest BCUT2D eigenvalue weighted by Crippen LogP contribution is -2.01. The Bertz CT molecular complexity index is 2480. The molecular weight excluding hydrogens is 574 g/mol. The van der Waals surface area contributed by atoms with Crippen LogP contribution in [0.5, 0.6) is 0 Å². The standard InChI is InChI=1S/C42H27N5/c1-4-14-28(15-5-1)39-44-40(29-16-6-2-7-17-29)46-41(45-39)30-24-26-32(27-25-30)47-38-36-23-13-11-21-34(36)33-20-10-12-22-35(33)37(38)43-42(47)31-18-8-3-9-19-31/h1-27H. The molecule has 7 aromatic carbocycles. The van der Waals surface area contributed by atoms with E-state index >= 15 is 0 Å². The first-order chi connectivity index (χ1) is 23.3. The zero-order valence-corrected chi connectivity index (χ0v) is 25.3. The summed E-state index contributed by atoms with van der Waals surface area (Å²) in [4.78, 5) is 20.1. The molecule has 2 aromatic heterocycles. The molecule has 0 aliphatic heterocycles. The normalized spacial score (nSPS) is 11.4. The van der Waals surface area contributed by atoms with Crippen molar-refractivity contribution in [3.8, 4) is 51.2 Å². The molecule has 0 saturated heterocycles. The molecule has 2 heterocycles. The van der Waals surface area contributed by atoms with Crippen LogP contribution in [0.3, 0.4) is 0 Å². The van der Waals surface area contributed by atoms with Crippen molar-refractivity contribution < 1.29 is 0 Å². The van der Waals surface area contributed by atoms with Crippen LogP contribution >= 0.6 is 0 Å². The van der Waals surface area contributed by atoms with Crippen LogP contribution < -0.4 is 0 Å². The molecule has 0 spiro atoms. The van der Waals surface area contributed by atoms with Gasteiger partial charge in [-0.1, -0.05) is 140 Å². The van der Waals surface area contributed by atoms with Gasteiger partial charge < -0.3 is 0 Å². The summed E-state index contributed by atoms with van der Waals surface area (Å²) in [5.41, 5.74) is 6.94. The Morgan fingerprint density at radius 3 is 1.26 bits per heavy atom. The van der Waals surface area contributed by atoms with Gasteiger partial charge in [-0.15, -0.1) is 0 Å². The molecule has 0 saturated carbocycles. The van der Waals surface area contributed by atoms with Crippen LogP contribution in [-0.4, -0.2) is 24.5 Å². The van der Waals surface area contributed by atoms with Crippen LogP contribution in [0.2, 0.25) is 0 Å². The predicted molar refractivity (Wildman–Crippen MR) is 191 cm³/mol. The SMILES string of the molecule is c1ccc(-c2nc(-c3ccccc3)nc(-c3ccc(-n4c(-c5ccccc5)nc5c6ccccc6c6ccccc6c54)cc3)n2)cc1. The maximum Gasteiger partial charge on any atom is 0.164 e. The third-order valence-electron chi connectivity index (χ3n) is 8.65. The molecule has 47 heavy (non-hydrogen) atoms.